The summed E-state index contributed by atoms with van der Waals surface area (Å²) in [6.45, 7) is 0. The van der Waals surface area contributed by atoms with Crippen molar-refractivity contribution in [1.82, 2.24) is 0 Å². The summed E-state index contributed by atoms with van der Waals surface area (Å²) in [7, 11) is 1.41. The minimum atomic E-state index is -0.709. The van der Waals surface area contributed by atoms with Crippen LogP contribution in [0.1, 0.15) is 35.1 Å². The van der Waals surface area contributed by atoms with Crippen molar-refractivity contribution >= 4 is 17.7 Å². The van der Waals surface area contributed by atoms with Gasteiger partial charge in [-0.1, -0.05) is 91.0 Å². The fourth-order valence-electron chi connectivity index (χ4n) is 3.42. The summed E-state index contributed by atoms with van der Waals surface area (Å²) in [5, 5.41) is 11.1. The zero-order chi connectivity index (χ0) is 20.5. The Labute approximate surface area is 176 Å². The first-order valence-electron chi connectivity index (χ1n) is 9.69. The van der Waals surface area contributed by atoms with Crippen LogP contribution in [0.3, 0.4) is 0 Å². The fraction of sp³-hybridized carbons (Fsp3) is 0.240. The fourth-order valence-corrected chi connectivity index (χ4v) is 4.82. The lowest BCUT2D eigenvalue weighted by molar-refractivity contribution is -0.141. The number of hydrogen-bond acceptors (Lipinski definition) is 4. The number of rotatable bonds is 9. The van der Waals surface area contributed by atoms with Gasteiger partial charge in [0.05, 0.1) is 19.6 Å². The molecule has 0 amide bonds. The number of thioether (sulfide) groups is 1. The van der Waals surface area contributed by atoms with Crippen molar-refractivity contribution in [2.45, 2.75) is 29.4 Å². The summed E-state index contributed by atoms with van der Waals surface area (Å²) >= 11 is 1.68. The van der Waals surface area contributed by atoms with E-state index in [1.54, 1.807) is 11.8 Å². The highest BCUT2D eigenvalue weighted by atomic mass is 32.2. The number of hydrogen-bond donors (Lipinski definition) is 1. The summed E-state index contributed by atoms with van der Waals surface area (Å²) in [6.07, 6.45) is -0.489. The van der Waals surface area contributed by atoms with E-state index < -0.39 is 6.10 Å². The third kappa shape index (κ3) is 5.96. The Balaban J connectivity index is 1.94. The number of ether oxygens (including phenoxy) is 1. The second kappa shape index (κ2) is 10.8. The molecule has 3 atom stereocenters. The van der Waals surface area contributed by atoms with Crippen LogP contribution in [-0.2, 0) is 15.3 Å². The summed E-state index contributed by atoms with van der Waals surface area (Å²) < 4.78 is 4.97. The number of methoxy groups -OCH3 is 1. The van der Waals surface area contributed by atoms with Gasteiger partial charge < -0.3 is 9.84 Å². The van der Waals surface area contributed by atoms with Crippen molar-refractivity contribution in [3.63, 3.8) is 0 Å². The molecule has 3 aromatic rings. The molecular formula is C25H26O3S. The first-order chi connectivity index (χ1) is 14.2. The van der Waals surface area contributed by atoms with Crippen molar-refractivity contribution in [2.75, 3.05) is 7.11 Å². The van der Waals surface area contributed by atoms with E-state index in [2.05, 4.69) is 12.1 Å². The molecule has 0 aliphatic heterocycles. The van der Waals surface area contributed by atoms with E-state index in [9.17, 15) is 9.90 Å². The van der Waals surface area contributed by atoms with Gasteiger partial charge in [-0.15, -0.1) is 0 Å². The molecule has 0 saturated heterocycles. The Bertz CT molecular complexity index is 868. The van der Waals surface area contributed by atoms with Gasteiger partial charge in [0.15, 0.2) is 0 Å². The molecule has 0 aliphatic rings. The third-order valence-electron chi connectivity index (χ3n) is 4.98. The topological polar surface area (TPSA) is 46.5 Å². The molecule has 0 fully saturated rings. The minimum Gasteiger partial charge on any atom is -0.469 e. The highest BCUT2D eigenvalue weighted by molar-refractivity contribution is 7.99. The molecule has 3 aromatic carbocycles. The highest BCUT2D eigenvalue weighted by Crippen LogP contribution is 2.41. The summed E-state index contributed by atoms with van der Waals surface area (Å²) in [4.78, 5) is 12.2. The predicted molar refractivity (Wildman–Crippen MR) is 119 cm³/mol. The normalized spacial score (nSPS) is 14.0. The van der Waals surface area contributed by atoms with E-state index in [1.165, 1.54) is 12.7 Å². The lowest BCUT2D eigenvalue weighted by atomic mass is 9.87. The van der Waals surface area contributed by atoms with Gasteiger partial charge in [-0.2, -0.15) is 11.8 Å². The molecule has 3 rings (SSSR count). The average Bonchev–Trinajstić information content (AvgIpc) is 2.80. The summed E-state index contributed by atoms with van der Waals surface area (Å²) in [6, 6.07) is 29.8. The quantitative estimate of drug-likeness (QED) is 0.485. The second-order valence-corrected chi connectivity index (χ2v) is 8.08. The maximum absolute atomic E-state index is 12.2. The van der Waals surface area contributed by atoms with Crippen molar-refractivity contribution in [3.05, 3.63) is 108 Å². The van der Waals surface area contributed by atoms with Gasteiger partial charge in [-0.05, 0) is 16.7 Å². The molecule has 3 nitrogen and oxygen atoms in total. The van der Waals surface area contributed by atoms with Gasteiger partial charge in [0.25, 0.3) is 0 Å². The summed E-state index contributed by atoms with van der Waals surface area (Å²) in [5.74, 6) is 0.303. The molecule has 0 bridgehead atoms. The first-order valence-corrected chi connectivity index (χ1v) is 10.7. The number of benzene rings is 3. The average molecular weight is 407 g/mol. The molecule has 29 heavy (non-hydrogen) atoms. The van der Waals surface area contributed by atoms with E-state index in [-0.39, 0.29) is 23.6 Å². The SMILES string of the molecule is COC(=O)C[C@H](c1ccccc1)[C@H](SCc1ccccc1)[C@@H](O)c1ccccc1. The second-order valence-electron chi connectivity index (χ2n) is 6.91. The van der Waals surface area contributed by atoms with Crippen LogP contribution in [0.4, 0.5) is 0 Å². The van der Waals surface area contributed by atoms with Gasteiger partial charge in [-0.25, -0.2) is 0 Å². The molecule has 4 heteroatoms. The van der Waals surface area contributed by atoms with Gasteiger partial charge in [0, 0.05) is 16.9 Å². The number of carbonyl (C=O) groups is 1. The first kappa shape index (κ1) is 21.2. The van der Waals surface area contributed by atoms with Crippen LogP contribution < -0.4 is 0 Å². The van der Waals surface area contributed by atoms with Gasteiger partial charge in [0.2, 0.25) is 0 Å². The molecule has 150 valence electrons. The molecule has 0 unspecified atom stereocenters. The summed E-state index contributed by atoms with van der Waals surface area (Å²) in [5.41, 5.74) is 3.06. The molecule has 0 heterocycles. The molecule has 0 saturated carbocycles. The zero-order valence-corrected chi connectivity index (χ0v) is 17.3. The van der Waals surface area contributed by atoms with Crippen molar-refractivity contribution in [3.8, 4) is 0 Å². The monoisotopic (exact) mass is 406 g/mol. The Kier molecular flexibility index (Phi) is 7.91. The van der Waals surface area contributed by atoms with E-state index in [0.717, 1.165) is 16.9 Å². The maximum atomic E-state index is 12.2. The standard InChI is InChI=1S/C25H26O3S/c1-28-23(26)17-22(20-13-7-3-8-14-20)25(24(27)21-15-9-4-10-16-21)29-18-19-11-5-2-6-12-19/h2-16,22,24-25,27H,17-18H2,1H3/t22-,24+,25+/m1/s1. The van der Waals surface area contributed by atoms with Crippen LogP contribution in [0.25, 0.3) is 0 Å². The lowest BCUT2D eigenvalue weighted by Gasteiger charge is -2.31. The zero-order valence-electron chi connectivity index (χ0n) is 16.5. The molecule has 1 N–H and O–H groups in total. The predicted octanol–water partition coefficient (Wildman–Crippen LogP) is 5.37. The van der Waals surface area contributed by atoms with Gasteiger partial charge in [-0.3, -0.25) is 4.79 Å². The Hall–Kier alpha value is -2.56. The molecule has 0 aromatic heterocycles. The smallest absolute Gasteiger partial charge is 0.306 e. The largest absolute Gasteiger partial charge is 0.469 e. The van der Waals surface area contributed by atoms with Gasteiger partial charge in [0.1, 0.15) is 0 Å². The lowest BCUT2D eigenvalue weighted by Crippen LogP contribution is -2.26. The Morgan fingerprint density at radius 1 is 0.862 bits per heavy atom. The van der Waals surface area contributed by atoms with E-state index in [4.69, 9.17) is 4.74 Å². The van der Waals surface area contributed by atoms with E-state index in [0.29, 0.717) is 0 Å². The highest BCUT2D eigenvalue weighted by Gasteiger charge is 2.33. The van der Waals surface area contributed by atoms with Crippen molar-refractivity contribution < 1.29 is 14.6 Å². The van der Waals surface area contributed by atoms with Crippen LogP contribution in [0, 0.1) is 0 Å². The van der Waals surface area contributed by atoms with Crippen LogP contribution in [-0.4, -0.2) is 23.4 Å². The Morgan fingerprint density at radius 2 is 1.38 bits per heavy atom. The number of aliphatic hydroxyl groups is 1. The Morgan fingerprint density at radius 3 is 1.93 bits per heavy atom. The van der Waals surface area contributed by atoms with Crippen LogP contribution >= 0.6 is 11.8 Å². The van der Waals surface area contributed by atoms with E-state index in [1.807, 2.05) is 78.9 Å². The third-order valence-corrected chi connectivity index (χ3v) is 6.45. The van der Waals surface area contributed by atoms with Crippen molar-refractivity contribution in [2.24, 2.45) is 0 Å². The number of esters is 1. The van der Waals surface area contributed by atoms with Crippen LogP contribution in [0.2, 0.25) is 0 Å². The van der Waals surface area contributed by atoms with Gasteiger partial charge >= 0.3 is 5.97 Å². The van der Waals surface area contributed by atoms with Crippen LogP contribution in [0.5, 0.6) is 0 Å². The molecule has 0 radical (unpaired) electrons. The van der Waals surface area contributed by atoms with Crippen molar-refractivity contribution in [1.29, 1.82) is 0 Å². The molecule has 0 spiro atoms. The number of carbonyl (C=O) groups excluding carboxylic acids is 1. The molecule has 0 aliphatic carbocycles. The maximum Gasteiger partial charge on any atom is 0.306 e. The minimum absolute atomic E-state index is 0.174. The van der Waals surface area contributed by atoms with Crippen LogP contribution in [0.15, 0.2) is 91.0 Å². The molecular weight excluding hydrogens is 380 g/mol. The van der Waals surface area contributed by atoms with E-state index >= 15 is 0 Å². The number of aliphatic hydroxyl groups excluding tert-OH is 1.